The fourth-order valence-corrected chi connectivity index (χ4v) is 3.93. The zero-order valence-corrected chi connectivity index (χ0v) is 13.4. The topological polar surface area (TPSA) is 46.2 Å². The number of hydrogen-bond acceptors (Lipinski definition) is 2. The molecular weight excluding hydrogens is 293 g/mol. The highest BCUT2D eigenvalue weighted by molar-refractivity contribution is 6.36. The zero-order valence-electron chi connectivity index (χ0n) is 11.9. The second-order valence-electron chi connectivity index (χ2n) is 5.96. The van der Waals surface area contributed by atoms with Crippen LogP contribution in [0.25, 0.3) is 0 Å². The molecule has 0 aliphatic heterocycles. The Kier molecular flexibility index (Phi) is 5.36. The molecule has 1 atom stereocenters. The maximum atomic E-state index is 10.9. The number of benzene rings is 1. The summed E-state index contributed by atoms with van der Waals surface area (Å²) < 4.78 is 0. The highest BCUT2D eigenvalue weighted by Gasteiger charge is 2.41. The molecule has 2 nitrogen and oxygen atoms in total. The number of rotatable bonds is 4. The molecule has 112 valence electrons. The molecule has 0 amide bonds. The van der Waals surface area contributed by atoms with Crippen molar-refractivity contribution in [2.75, 3.05) is 6.54 Å². The maximum absolute atomic E-state index is 10.9. The molecule has 0 bridgehead atoms. The molecule has 0 spiro atoms. The van der Waals surface area contributed by atoms with Crippen molar-refractivity contribution in [3.63, 3.8) is 0 Å². The summed E-state index contributed by atoms with van der Waals surface area (Å²) in [6.45, 7) is 2.69. The lowest BCUT2D eigenvalue weighted by molar-refractivity contribution is -0.0102. The zero-order chi connectivity index (χ0) is 14.8. The molecule has 0 heterocycles. The van der Waals surface area contributed by atoms with Gasteiger partial charge in [0.05, 0.1) is 6.10 Å². The third kappa shape index (κ3) is 2.99. The number of halogens is 2. The summed E-state index contributed by atoms with van der Waals surface area (Å²) in [7, 11) is 0. The van der Waals surface area contributed by atoms with Gasteiger partial charge in [-0.1, -0.05) is 42.6 Å². The van der Waals surface area contributed by atoms with E-state index >= 15 is 0 Å². The Morgan fingerprint density at radius 3 is 2.30 bits per heavy atom. The molecule has 3 N–H and O–H groups in total. The van der Waals surface area contributed by atoms with Gasteiger partial charge in [0.15, 0.2) is 0 Å². The lowest BCUT2D eigenvalue weighted by Gasteiger charge is -2.43. The van der Waals surface area contributed by atoms with Crippen LogP contribution in [0.4, 0.5) is 0 Å². The molecule has 2 rings (SSSR count). The fraction of sp³-hybridized carbons (Fsp3) is 0.625. The molecule has 1 aliphatic carbocycles. The van der Waals surface area contributed by atoms with Crippen LogP contribution in [0.2, 0.25) is 10.0 Å². The highest BCUT2D eigenvalue weighted by Crippen LogP contribution is 2.49. The average molecular weight is 316 g/mol. The average Bonchev–Trinajstić information content (AvgIpc) is 2.47. The van der Waals surface area contributed by atoms with Crippen LogP contribution in [0.3, 0.4) is 0 Å². The molecular formula is C16H23Cl2NO. The Labute approximate surface area is 131 Å². The van der Waals surface area contributed by atoms with E-state index in [9.17, 15) is 5.11 Å². The third-order valence-electron chi connectivity index (χ3n) is 4.94. The molecule has 20 heavy (non-hydrogen) atoms. The van der Waals surface area contributed by atoms with Crippen LogP contribution in [0.15, 0.2) is 18.2 Å². The van der Waals surface area contributed by atoms with E-state index in [0.717, 1.165) is 31.6 Å². The van der Waals surface area contributed by atoms with E-state index in [1.165, 1.54) is 6.42 Å². The third-order valence-corrected chi connectivity index (χ3v) is 5.60. The summed E-state index contributed by atoms with van der Waals surface area (Å²) in [6.07, 6.45) is 4.62. The quantitative estimate of drug-likeness (QED) is 0.854. The van der Waals surface area contributed by atoms with Gasteiger partial charge in [0, 0.05) is 27.6 Å². The summed E-state index contributed by atoms with van der Waals surface area (Å²) in [4.78, 5) is 0. The van der Waals surface area contributed by atoms with Crippen molar-refractivity contribution in [3.8, 4) is 0 Å². The molecule has 1 unspecified atom stereocenters. The van der Waals surface area contributed by atoms with Gasteiger partial charge in [-0.15, -0.1) is 0 Å². The molecule has 4 heteroatoms. The Morgan fingerprint density at radius 2 is 1.85 bits per heavy atom. The summed E-state index contributed by atoms with van der Waals surface area (Å²) >= 11 is 12.5. The minimum atomic E-state index is -0.688. The van der Waals surface area contributed by atoms with Crippen LogP contribution in [0, 0.1) is 11.3 Å². The van der Waals surface area contributed by atoms with E-state index in [1.807, 2.05) is 0 Å². The van der Waals surface area contributed by atoms with Gasteiger partial charge in [-0.05, 0) is 43.7 Å². The van der Waals surface area contributed by atoms with Crippen LogP contribution in [0.1, 0.15) is 50.7 Å². The van der Waals surface area contributed by atoms with Gasteiger partial charge in [-0.3, -0.25) is 0 Å². The lowest BCUT2D eigenvalue weighted by atomic mass is 9.65. The van der Waals surface area contributed by atoms with E-state index in [-0.39, 0.29) is 5.41 Å². The van der Waals surface area contributed by atoms with Crippen molar-refractivity contribution in [1.82, 2.24) is 0 Å². The molecule has 1 aromatic carbocycles. The largest absolute Gasteiger partial charge is 0.388 e. The molecule has 0 radical (unpaired) electrons. The van der Waals surface area contributed by atoms with E-state index < -0.39 is 6.10 Å². The Bertz CT molecular complexity index is 436. The Morgan fingerprint density at radius 1 is 1.30 bits per heavy atom. The van der Waals surface area contributed by atoms with Crippen LogP contribution in [-0.2, 0) is 0 Å². The van der Waals surface area contributed by atoms with E-state index in [1.54, 1.807) is 18.2 Å². The first kappa shape index (κ1) is 16.1. The van der Waals surface area contributed by atoms with Gasteiger partial charge in [0.2, 0.25) is 0 Å². The summed E-state index contributed by atoms with van der Waals surface area (Å²) in [6, 6.07) is 5.34. The number of aliphatic hydroxyl groups excluding tert-OH is 1. The Balaban J connectivity index is 2.28. The molecule has 0 aromatic heterocycles. The molecule has 1 aliphatic rings. The monoisotopic (exact) mass is 315 g/mol. The fourth-order valence-electron chi connectivity index (χ4n) is 3.33. The van der Waals surface area contributed by atoms with Gasteiger partial charge in [0.25, 0.3) is 0 Å². The van der Waals surface area contributed by atoms with Gasteiger partial charge in [0.1, 0.15) is 0 Å². The van der Waals surface area contributed by atoms with Crippen LogP contribution in [-0.4, -0.2) is 11.7 Å². The summed E-state index contributed by atoms with van der Waals surface area (Å²) in [5, 5.41) is 11.9. The maximum Gasteiger partial charge on any atom is 0.0887 e. The second kappa shape index (κ2) is 6.65. The van der Waals surface area contributed by atoms with Crippen LogP contribution < -0.4 is 5.73 Å². The standard InChI is InChI=1S/C16H23Cl2NO/c1-2-11-6-8-16(10-19,9-7-11)15(20)14-12(17)4-3-5-13(14)18/h3-5,11,15,20H,2,6-10,19H2,1H3. The number of nitrogens with two attached hydrogens (primary N) is 1. The molecule has 0 saturated heterocycles. The Hall–Kier alpha value is -0.280. The summed E-state index contributed by atoms with van der Waals surface area (Å²) in [5.41, 5.74) is 6.36. The van der Waals surface area contributed by atoms with E-state index in [2.05, 4.69) is 6.92 Å². The van der Waals surface area contributed by atoms with Crippen molar-refractivity contribution in [3.05, 3.63) is 33.8 Å². The van der Waals surface area contributed by atoms with Gasteiger partial charge >= 0.3 is 0 Å². The number of aliphatic hydroxyl groups is 1. The smallest absolute Gasteiger partial charge is 0.0887 e. The van der Waals surface area contributed by atoms with Crippen molar-refractivity contribution < 1.29 is 5.11 Å². The van der Waals surface area contributed by atoms with Crippen molar-refractivity contribution >= 4 is 23.2 Å². The van der Waals surface area contributed by atoms with E-state index in [0.29, 0.717) is 22.2 Å². The first-order valence-corrected chi connectivity index (χ1v) is 8.11. The van der Waals surface area contributed by atoms with E-state index in [4.69, 9.17) is 28.9 Å². The van der Waals surface area contributed by atoms with Crippen LogP contribution >= 0.6 is 23.2 Å². The van der Waals surface area contributed by atoms with Crippen LogP contribution in [0.5, 0.6) is 0 Å². The van der Waals surface area contributed by atoms with Gasteiger partial charge < -0.3 is 10.8 Å². The predicted octanol–water partition coefficient (Wildman–Crippen LogP) is 4.57. The highest BCUT2D eigenvalue weighted by atomic mass is 35.5. The predicted molar refractivity (Wildman–Crippen MR) is 85.2 cm³/mol. The molecule has 1 saturated carbocycles. The first-order valence-electron chi connectivity index (χ1n) is 7.36. The minimum Gasteiger partial charge on any atom is -0.388 e. The molecule has 1 fully saturated rings. The van der Waals surface area contributed by atoms with Gasteiger partial charge in [-0.2, -0.15) is 0 Å². The van der Waals surface area contributed by atoms with Crippen molar-refractivity contribution in [2.24, 2.45) is 17.1 Å². The molecule has 1 aromatic rings. The normalized spacial score (nSPS) is 28.4. The van der Waals surface area contributed by atoms with Gasteiger partial charge in [-0.25, -0.2) is 0 Å². The minimum absolute atomic E-state index is 0.291. The summed E-state index contributed by atoms with van der Waals surface area (Å²) in [5.74, 6) is 0.753. The SMILES string of the molecule is CCC1CCC(CN)(C(O)c2c(Cl)cccc2Cl)CC1. The van der Waals surface area contributed by atoms with Crippen molar-refractivity contribution in [1.29, 1.82) is 0 Å². The van der Waals surface area contributed by atoms with Crippen molar-refractivity contribution in [2.45, 2.75) is 45.1 Å². The number of hydrogen-bond donors (Lipinski definition) is 2. The lowest BCUT2D eigenvalue weighted by Crippen LogP contribution is -2.40. The first-order chi connectivity index (χ1) is 9.54. The second-order valence-corrected chi connectivity index (χ2v) is 6.77.